The Hall–Kier alpha value is -0.0800. The lowest BCUT2D eigenvalue weighted by molar-refractivity contribution is 0.281. The van der Waals surface area contributed by atoms with E-state index in [2.05, 4.69) is 17.6 Å². The molecule has 0 bridgehead atoms. The van der Waals surface area contributed by atoms with Crippen LogP contribution in [0.5, 0.6) is 0 Å². The average Bonchev–Trinajstić information content (AvgIpc) is 2.59. The van der Waals surface area contributed by atoms with Crippen LogP contribution >= 0.6 is 0 Å². The topological polar surface area (TPSA) is 24.1 Å². The molecule has 2 fully saturated rings. The monoisotopic (exact) mass is 224 g/mol. The van der Waals surface area contributed by atoms with E-state index in [1.165, 1.54) is 64.5 Å². The van der Waals surface area contributed by atoms with Crippen molar-refractivity contribution in [3.63, 3.8) is 0 Å². The summed E-state index contributed by atoms with van der Waals surface area (Å²) < 4.78 is 0. The number of piperidine rings is 1. The minimum atomic E-state index is 0.725. The van der Waals surface area contributed by atoms with E-state index in [-0.39, 0.29) is 0 Å². The van der Waals surface area contributed by atoms with Gasteiger partial charge in [-0.05, 0) is 45.1 Å². The molecule has 2 N–H and O–H groups in total. The molecule has 2 atom stereocenters. The molecule has 0 amide bonds. The van der Waals surface area contributed by atoms with Crippen LogP contribution in [0.3, 0.4) is 0 Å². The van der Waals surface area contributed by atoms with Gasteiger partial charge in [0.25, 0.3) is 0 Å². The van der Waals surface area contributed by atoms with Crippen LogP contribution in [0.1, 0.15) is 58.3 Å². The SMILES string of the molecule is C[C@@H](NC1CCCNC1)C1CCCCCC1. The minimum Gasteiger partial charge on any atom is -0.315 e. The van der Waals surface area contributed by atoms with Crippen molar-refractivity contribution in [2.45, 2.75) is 70.4 Å². The van der Waals surface area contributed by atoms with Gasteiger partial charge in [0.05, 0.1) is 0 Å². The van der Waals surface area contributed by atoms with Crippen molar-refractivity contribution in [1.29, 1.82) is 0 Å². The molecule has 2 nitrogen and oxygen atoms in total. The second-order valence-electron chi connectivity index (χ2n) is 5.75. The van der Waals surface area contributed by atoms with Crippen molar-refractivity contribution in [3.8, 4) is 0 Å². The van der Waals surface area contributed by atoms with Gasteiger partial charge in [-0.25, -0.2) is 0 Å². The van der Waals surface area contributed by atoms with Crippen molar-refractivity contribution in [1.82, 2.24) is 10.6 Å². The van der Waals surface area contributed by atoms with Gasteiger partial charge in [0.15, 0.2) is 0 Å². The Balaban J connectivity index is 1.74. The number of hydrogen-bond donors (Lipinski definition) is 2. The summed E-state index contributed by atoms with van der Waals surface area (Å²) >= 11 is 0. The predicted octanol–water partition coefficient (Wildman–Crippen LogP) is 2.69. The van der Waals surface area contributed by atoms with Crippen LogP contribution in [-0.4, -0.2) is 25.2 Å². The molecule has 1 aliphatic carbocycles. The van der Waals surface area contributed by atoms with E-state index in [0.717, 1.165) is 18.0 Å². The average molecular weight is 224 g/mol. The highest BCUT2D eigenvalue weighted by Gasteiger charge is 2.22. The highest BCUT2D eigenvalue weighted by molar-refractivity contribution is 4.82. The lowest BCUT2D eigenvalue weighted by atomic mass is 9.92. The van der Waals surface area contributed by atoms with Crippen LogP contribution in [-0.2, 0) is 0 Å². The second kappa shape index (κ2) is 6.61. The molecular weight excluding hydrogens is 196 g/mol. The zero-order chi connectivity index (χ0) is 11.2. The van der Waals surface area contributed by atoms with Crippen LogP contribution < -0.4 is 10.6 Å². The highest BCUT2D eigenvalue weighted by Crippen LogP contribution is 2.25. The molecule has 1 unspecified atom stereocenters. The molecular formula is C14H28N2. The summed E-state index contributed by atoms with van der Waals surface area (Å²) in [4.78, 5) is 0. The first-order chi connectivity index (χ1) is 7.86. The molecule has 1 saturated carbocycles. The Morgan fingerprint density at radius 3 is 2.38 bits per heavy atom. The van der Waals surface area contributed by atoms with Gasteiger partial charge >= 0.3 is 0 Å². The van der Waals surface area contributed by atoms with Crippen LogP contribution in [0.25, 0.3) is 0 Å². The molecule has 0 radical (unpaired) electrons. The van der Waals surface area contributed by atoms with E-state index in [1.54, 1.807) is 0 Å². The van der Waals surface area contributed by atoms with Crippen molar-refractivity contribution in [2.75, 3.05) is 13.1 Å². The van der Waals surface area contributed by atoms with Gasteiger partial charge in [-0.2, -0.15) is 0 Å². The minimum absolute atomic E-state index is 0.725. The molecule has 0 aromatic rings. The smallest absolute Gasteiger partial charge is 0.0195 e. The van der Waals surface area contributed by atoms with E-state index in [1.807, 2.05) is 0 Å². The third kappa shape index (κ3) is 3.74. The maximum Gasteiger partial charge on any atom is 0.0195 e. The van der Waals surface area contributed by atoms with Crippen LogP contribution in [0.2, 0.25) is 0 Å². The lowest BCUT2D eigenvalue weighted by Crippen LogP contribution is -2.48. The fourth-order valence-electron chi connectivity index (χ4n) is 3.31. The largest absolute Gasteiger partial charge is 0.315 e. The summed E-state index contributed by atoms with van der Waals surface area (Å²) in [6.45, 7) is 4.80. The fraction of sp³-hybridized carbons (Fsp3) is 1.00. The van der Waals surface area contributed by atoms with Gasteiger partial charge in [-0.1, -0.05) is 25.7 Å². The Kier molecular flexibility index (Phi) is 5.11. The normalized spacial score (nSPS) is 30.9. The molecule has 1 heterocycles. The van der Waals surface area contributed by atoms with Gasteiger partial charge in [-0.15, -0.1) is 0 Å². The summed E-state index contributed by atoms with van der Waals surface area (Å²) in [5.41, 5.74) is 0. The van der Waals surface area contributed by atoms with Crippen LogP contribution in [0.4, 0.5) is 0 Å². The zero-order valence-corrected chi connectivity index (χ0v) is 10.8. The van der Waals surface area contributed by atoms with Gasteiger partial charge in [0, 0.05) is 18.6 Å². The number of nitrogens with one attached hydrogen (secondary N) is 2. The molecule has 2 rings (SSSR count). The van der Waals surface area contributed by atoms with E-state index in [4.69, 9.17) is 0 Å². The molecule has 16 heavy (non-hydrogen) atoms. The predicted molar refractivity (Wildman–Crippen MR) is 69.7 cm³/mol. The van der Waals surface area contributed by atoms with E-state index in [9.17, 15) is 0 Å². The first-order valence-corrected chi connectivity index (χ1v) is 7.33. The van der Waals surface area contributed by atoms with Gasteiger partial charge < -0.3 is 10.6 Å². The number of hydrogen-bond acceptors (Lipinski definition) is 2. The Morgan fingerprint density at radius 1 is 1.00 bits per heavy atom. The first-order valence-electron chi connectivity index (χ1n) is 7.33. The third-order valence-electron chi connectivity index (χ3n) is 4.40. The van der Waals surface area contributed by atoms with Crippen LogP contribution in [0.15, 0.2) is 0 Å². The van der Waals surface area contributed by atoms with Crippen molar-refractivity contribution in [2.24, 2.45) is 5.92 Å². The Labute approximate surface area is 101 Å². The second-order valence-corrected chi connectivity index (χ2v) is 5.75. The molecule has 94 valence electrons. The Bertz CT molecular complexity index is 179. The first kappa shape index (κ1) is 12.4. The lowest BCUT2D eigenvalue weighted by Gasteiger charge is -2.31. The molecule has 1 aliphatic heterocycles. The van der Waals surface area contributed by atoms with Crippen LogP contribution in [0, 0.1) is 5.92 Å². The van der Waals surface area contributed by atoms with E-state index < -0.39 is 0 Å². The van der Waals surface area contributed by atoms with E-state index in [0.29, 0.717) is 0 Å². The molecule has 1 saturated heterocycles. The highest BCUT2D eigenvalue weighted by atomic mass is 15.0. The molecule has 0 aromatic carbocycles. The molecule has 0 spiro atoms. The van der Waals surface area contributed by atoms with Gasteiger partial charge in [0.2, 0.25) is 0 Å². The maximum atomic E-state index is 3.85. The van der Waals surface area contributed by atoms with Gasteiger partial charge in [-0.3, -0.25) is 0 Å². The zero-order valence-electron chi connectivity index (χ0n) is 10.8. The summed E-state index contributed by atoms with van der Waals surface area (Å²) in [5.74, 6) is 0.935. The van der Waals surface area contributed by atoms with Crippen molar-refractivity contribution < 1.29 is 0 Å². The summed E-state index contributed by atoms with van der Waals surface area (Å²) in [5, 5.41) is 7.35. The van der Waals surface area contributed by atoms with Crippen molar-refractivity contribution in [3.05, 3.63) is 0 Å². The third-order valence-corrected chi connectivity index (χ3v) is 4.40. The van der Waals surface area contributed by atoms with Gasteiger partial charge in [0.1, 0.15) is 0 Å². The standard InChI is InChI=1S/C14H28N2/c1-12(13-7-4-2-3-5-8-13)16-14-9-6-10-15-11-14/h12-16H,2-11H2,1H3/t12-,14?/m1/s1. The van der Waals surface area contributed by atoms with E-state index >= 15 is 0 Å². The molecule has 0 aromatic heterocycles. The summed E-state index contributed by atoms with van der Waals surface area (Å²) in [6, 6.07) is 1.45. The quantitative estimate of drug-likeness (QED) is 0.720. The maximum absolute atomic E-state index is 3.85. The Morgan fingerprint density at radius 2 is 1.75 bits per heavy atom. The molecule has 2 heteroatoms. The summed E-state index contributed by atoms with van der Waals surface area (Å²) in [6.07, 6.45) is 11.5. The fourth-order valence-corrected chi connectivity index (χ4v) is 3.31. The summed E-state index contributed by atoms with van der Waals surface area (Å²) in [7, 11) is 0. The molecule has 2 aliphatic rings. The van der Waals surface area contributed by atoms with Crippen molar-refractivity contribution >= 4 is 0 Å². The number of rotatable bonds is 3.